The van der Waals surface area contributed by atoms with Gasteiger partial charge < -0.3 is 5.73 Å². The van der Waals surface area contributed by atoms with Gasteiger partial charge in [-0.3, -0.25) is 0 Å². The standard InChI is InChI=1S/C21H13FN6/c22-16-6-2-1-4-13(16)17-10-15(12-5-3-8-25-21(12)28-17)18-14-7-9-24-20(23)19(14)27-11-26-18/h1-11H,(H2,23,24). The number of rotatable bonds is 2. The molecule has 6 nitrogen and oxygen atoms in total. The second-order valence-corrected chi connectivity index (χ2v) is 6.22. The summed E-state index contributed by atoms with van der Waals surface area (Å²) in [4.78, 5) is 21.8. The zero-order valence-corrected chi connectivity index (χ0v) is 14.5. The summed E-state index contributed by atoms with van der Waals surface area (Å²) in [6, 6.07) is 13.9. The Morgan fingerprint density at radius 1 is 0.786 bits per heavy atom. The molecular weight excluding hydrogens is 355 g/mol. The van der Waals surface area contributed by atoms with Crippen LogP contribution in [0.5, 0.6) is 0 Å². The van der Waals surface area contributed by atoms with Crippen LogP contribution >= 0.6 is 0 Å². The normalized spacial score (nSPS) is 11.2. The Bertz CT molecular complexity index is 1350. The molecule has 5 rings (SSSR count). The number of pyridine rings is 3. The number of benzene rings is 1. The van der Waals surface area contributed by atoms with E-state index in [2.05, 4.69) is 24.9 Å². The molecule has 7 heteroatoms. The van der Waals surface area contributed by atoms with E-state index in [4.69, 9.17) is 5.73 Å². The molecule has 2 N–H and O–H groups in total. The van der Waals surface area contributed by atoms with Gasteiger partial charge in [-0.1, -0.05) is 12.1 Å². The molecule has 0 bridgehead atoms. The molecule has 5 aromatic rings. The third kappa shape index (κ3) is 2.52. The summed E-state index contributed by atoms with van der Waals surface area (Å²) in [5.74, 6) is -0.0239. The lowest BCUT2D eigenvalue weighted by atomic mass is 10.0. The summed E-state index contributed by atoms with van der Waals surface area (Å²) >= 11 is 0. The first-order valence-electron chi connectivity index (χ1n) is 8.58. The molecule has 0 aliphatic heterocycles. The molecule has 0 saturated carbocycles. The van der Waals surface area contributed by atoms with Crippen molar-refractivity contribution in [1.29, 1.82) is 0 Å². The molecule has 134 valence electrons. The third-order valence-corrected chi connectivity index (χ3v) is 4.57. The van der Waals surface area contributed by atoms with Crippen LogP contribution in [-0.4, -0.2) is 24.9 Å². The Morgan fingerprint density at radius 2 is 1.68 bits per heavy atom. The van der Waals surface area contributed by atoms with Crippen LogP contribution < -0.4 is 5.73 Å². The Hall–Kier alpha value is -4.00. The molecule has 0 fully saturated rings. The number of fused-ring (bicyclic) bond motifs is 2. The van der Waals surface area contributed by atoms with E-state index in [1.54, 1.807) is 30.6 Å². The van der Waals surface area contributed by atoms with Gasteiger partial charge in [0.05, 0.1) is 11.4 Å². The Morgan fingerprint density at radius 3 is 2.57 bits per heavy atom. The first-order chi connectivity index (χ1) is 13.7. The van der Waals surface area contributed by atoms with Gasteiger partial charge in [-0.25, -0.2) is 29.3 Å². The second kappa shape index (κ2) is 6.31. The molecule has 1 aromatic carbocycles. The zero-order valence-electron chi connectivity index (χ0n) is 14.5. The Kier molecular flexibility index (Phi) is 3.65. The van der Waals surface area contributed by atoms with Gasteiger partial charge in [0.1, 0.15) is 23.5 Å². The van der Waals surface area contributed by atoms with Crippen LogP contribution in [0, 0.1) is 5.82 Å². The van der Waals surface area contributed by atoms with Gasteiger partial charge in [0.2, 0.25) is 0 Å². The molecule has 0 aliphatic rings. The fourth-order valence-electron chi connectivity index (χ4n) is 3.29. The summed E-state index contributed by atoms with van der Waals surface area (Å²) < 4.78 is 14.4. The van der Waals surface area contributed by atoms with Crippen molar-refractivity contribution in [2.75, 3.05) is 5.73 Å². The number of hydrogen-bond donors (Lipinski definition) is 1. The maximum Gasteiger partial charge on any atom is 0.160 e. The maximum atomic E-state index is 14.4. The van der Waals surface area contributed by atoms with Crippen LogP contribution in [0.1, 0.15) is 0 Å². The predicted octanol–water partition coefficient (Wildman–Crippen LogP) is 4.02. The van der Waals surface area contributed by atoms with E-state index in [0.29, 0.717) is 33.9 Å². The molecule has 0 amide bonds. The summed E-state index contributed by atoms with van der Waals surface area (Å²) in [6.45, 7) is 0. The zero-order chi connectivity index (χ0) is 19.1. The number of hydrogen-bond acceptors (Lipinski definition) is 6. The van der Waals surface area contributed by atoms with Crippen molar-refractivity contribution >= 4 is 27.8 Å². The number of aromatic nitrogens is 5. The van der Waals surface area contributed by atoms with E-state index < -0.39 is 0 Å². The molecule has 0 spiro atoms. The van der Waals surface area contributed by atoms with E-state index in [1.165, 1.54) is 12.4 Å². The van der Waals surface area contributed by atoms with Crippen LogP contribution in [0.2, 0.25) is 0 Å². The van der Waals surface area contributed by atoms with Crippen LogP contribution in [-0.2, 0) is 0 Å². The van der Waals surface area contributed by atoms with E-state index >= 15 is 0 Å². The first kappa shape index (κ1) is 16.2. The topological polar surface area (TPSA) is 90.5 Å². The van der Waals surface area contributed by atoms with E-state index in [1.807, 2.05) is 24.3 Å². The predicted molar refractivity (Wildman–Crippen MR) is 106 cm³/mol. The van der Waals surface area contributed by atoms with Gasteiger partial charge >= 0.3 is 0 Å². The first-order valence-corrected chi connectivity index (χ1v) is 8.58. The SMILES string of the molecule is Nc1nccc2c(-c3cc(-c4ccccc4F)nc4ncccc34)ncnc12. The summed E-state index contributed by atoms with van der Waals surface area (Å²) in [7, 11) is 0. The highest BCUT2D eigenvalue weighted by Crippen LogP contribution is 2.34. The van der Waals surface area contributed by atoms with E-state index in [9.17, 15) is 4.39 Å². The van der Waals surface area contributed by atoms with Crippen molar-refractivity contribution in [3.63, 3.8) is 0 Å². The average molecular weight is 368 g/mol. The molecule has 0 radical (unpaired) electrons. The van der Waals surface area contributed by atoms with Crippen molar-refractivity contribution in [1.82, 2.24) is 24.9 Å². The highest BCUT2D eigenvalue weighted by atomic mass is 19.1. The lowest BCUT2D eigenvalue weighted by molar-refractivity contribution is 0.631. The minimum absolute atomic E-state index is 0.326. The molecular formula is C21H13FN6. The van der Waals surface area contributed by atoms with Crippen molar-refractivity contribution < 1.29 is 4.39 Å². The lowest BCUT2D eigenvalue weighted by Crippen LogP contribution is -1.98. The minimum Gasteiger partial charge on any atom is -0.382 e. The number of nitrogen functional groups attached to an aromatic ring is 1. The smallest absolute Gasteiger partial charge is 0.160 e. The van der Waals surface area contributed by atoms with Gasteiger partial charge in [-0.15, -0.1) is 0 Å². The Balaban J connectivity index is 1.88. The lowest BCUT2D eigenvalue weighted by Gasteiger charge is -2.11. The van der Waals surface area contributed by atoms with E-state index in [-0.39, 0.29) is 5.82 Å². The van der Waals surface area contributed by atoms with Gasteiger partial charge in [-0.05, 0) is 36.4 Å². The van der Waals surface area contributed by atoms with Gasteiger partial charge in [-0.2, -0.15) is 0 Å². The van der Waals surface area contributed by atoms with Crippen LogP contribution in [0.25, 0.3) is 44.5 Å². The average Bonchev–Trinajstić information content (AvgIpc) is 2.73. The van der Waals surface area contributed by atoms with Crippen molar-refractivity contribution in [3.05, 3.63) is 73.1 Å². The van der Waals surface area contributed by atoms with Gasteiger partial charge in [0.25, 0.3) is 0 Å². The highest BCUT2D eigenvalue weighted by Gasteiger charge is 2.16. The number of nitrogens with zero attached hydrogens (tertiary/aromatic N) is 5. The maximum absolute atomic E-state index is 14.4. The quantitative estimate of drug-likeness (QED) is 0.506. The van der Waals surface area contributed by atoms with Crippen LogP contribution in [0.3, 0.4) is 0 Å². The molecule has 28 heavy (non-hydrogen) atoms. The summed E-state index contributed by atoms with van der Waals surface area (Å²) in [6.07, 6.45) is 4.72. The van der Waals surface area contributed by atoms with Crippen LogP contribution in [0.15, 0.2) is 67.3 Å². The van der Waals surface area contributed by atoms with Crippen LogP contribution in [0.4, 0.5) is 10.2 Å². The molecule has 4 aromatic heterocycles. The third-order valence-electron chi connectivity index (χ3n) is 4.57. The summed E-state index contributed by atoms with van der Waals surface area (Å²) in [5.41, 5.74) is 9.37. The fourth-order valence-corrected chi connectivity index (χ4v) is 3.29. The van der Waals surface area contributed by atoms with Gasteiger partial charge in [0, 0.05) is 34.3 Å². The fraction of sp³-hybridized carbons (Fsp3) is 0. The van der Waals surface area contributed by atoms with Gasteiger partial charge in [0.15, 0.2) is 5.65 Å². The second-order valence-electron chi connectivity index (χ2n) is 6.22. The number of halogens is 1. The van der Waals surface area contributed by atoms with Crippen molar-refractivity contribution in [3.8, 4) is 22.5 Å². The Labute approximate surface area is 159 Å². The summed E-state index contributed by atoms with van der Waals surface area (Å²) in [5, 5.41) is 1.56. The largest absolute Gasteiger partial charge is 0.382 e. The molecule has 0 aliphatic carbocycles. The minimum atomic E-state index is -0.350. The number of nitrogens with two attached hydrogens (primary N) is 1. The monoisotopic (exact) mass is 368 g/mol. The van der Waals surface area contributed by atoms with E-state index in [0.717, 1.165) is 16.3 Å². The van der Waals surface area contributed by atoms with Crippen molar-refractivity contribution in [2.24, 2.45) is 0 Å². The van der Waals surface area contributed by atoms with Crippen molar-refractivity contribution in [2.45, 2.75) is 0 Å². The molecule has 0 atom stereocenters. The number of anilines is 1. The molecule has 4 heterocycles. The molecule has 0 saturated heterocycles. The highest BCUT2D eigenvalue weighted by molar-refractivity contribution is 6.04. The molecule has 0 unspecified atom stereocenters.